The molecule has 2 aromatic rings. The number of nitrogens with zero attached hydrogens (tertiary/aromatic N) is 4. The smallest absolute Gasteiger partial charge is 0.0794 e. The van der Waals surface area contributed by atoms with Gasteiger partial charge in [0.15, 0.2) is 0 Å². The van der Waals surface area contributed by atoms with Crippen LogP contribution in [0.1, 0.15) is 44.9 Å². The van der Waals surface area contributed by atoms with Gasteiger partial charge in [0, 0.05) is 47.9 Å². The van der Waals surface area contributed by atoms with Crippen molar-refractivity contribution < 1.29 is 0 Å². The molecule has 3 heterocycles. The van der Waals surface area contributed by atoms with E-state index in [2.05, 4.69) is 32.2 Å². The van der Waals surface area contributed by atoms with Crippen LogP contribution in [0.5, 0.6) is 0 Å². The molecule has 2 atom stereocenters. The Bertz CT molecular complexity index is 487. The Kier molecular flexibility index (Phi) is 17.5. The summed E-state index contributed by atoms with van der Waals surface area (Å²) in [5, 5.41) is 3.48. The van der Waals surface area contributed by atoms with E-state index in [1.54, 1.807) is 47.9 Å². The molecule has 0 spiro atoms. The Morgan fingerprint density at radius 1 is 1.27 bits per heavy atom. The maximum absolute atomic E-state index is 4.40. The summed E-state index contributed by atoms with van der Waals surface area (Å²) in [5.74, 6) is 0. The molecule has 1 fully saturated rings. The normalized spacial score (nSPS) is 16.4. The zero-order valence-electron chi connectivity index (χ0n) is 16.6. The third-order valence-electron chi connectivity index (χ3n) is 3.24. The quantitative estimate of drug-likeness (QED) is 0.591. The zero-order valence-corrected chi connectivity index (χ0v) is 18.3. The van der Waals surface area contributed by atoms with Crippen LogP contribution in [-0.2, 0) is 0 Å². The molecular weight excluding hydrogens is 362 g/mol. The van der Waals surface area contributed by atoms with Crippen LogP contribution in [0.25, 0.3) is 0 Å². The summed E-state index contributed by atoms with van der Waals surface area (Å²) in [6, 6.07) is 1.20. The number of hydrogen-bond acceptors (Lipinski definition) is 7. The first kappa shape index (κ1) is 24.7. The summed E-state index contributed by atoms with van der Waals surface area (Å²) in [7, 11) is 0. The maximum atomic E-state index is 4.40. The predicted octanol–water partition coefficient (Wildman–Crippen LogP) is 4.86. The van der Waals surface area contributed by atoms with Crippen molar-refractivity contribution in [3.05, 3.63) is 41.4 Å². The highest BCUT2D eigenvalue weighted by molar-refractivity contribution is 8.11. The Balaban J connectivity index is 0.000000375. The molecule has 0 bridgehead atoms. The molecule has 0 radical (unpaired) electrons. The molecule has 5 nitrogen and oxygen atoms in total. The molecule has 1 aliphatic heterocycles. The Labute approximate surface area is 167 Å². The number of aliphatic imine (C=N–C) groups is 1. The molecule has 1 saturated heterocycles. The summed E-state index contributed by atoms with van der Waals surface area (Å²) in [4.78, 5) is 17.0. The molecule has 7 heteroatoms. The first-order valence-electron chi connectivity index (χ1n) is 9.05. The molecule has 146 valence electrons. The van der Waals surface area contributed by atoms with Gasteiger partial charge in [-0.2, -0.15) is 0 Å². The standard InChI is InChI=1S/C9H18N2S.C4H4N2.C4H5NS.C2H6/c1-8(11-7-12-2)6-9-4-3-5-10-9;1-2-6-4-3-5-1;1-4-2-5-3-6-4;1-2/h7-10H,3-6H2,1-2H3;1-4H;2-3H,1H3;1-2H3. The minimum Gasteiger partial charge on any atom is -0.314 e. The number of hydrogen-bond donors (Lipinski definition) is 1. The minimum atomic E-state index is 0.480. The fourth-order valence-electron chi connectivity index (χ4n) is 2.13. The average Bonchev–Trinajstić information content (AvgIpc) is 3.38. The van der Waals surface area contributed by atoms with Crippen molar-refractivity contribution in [1.82, 2.24) is 20.3 Å². The maximum Gasteiger partial charge on any atom is 0.0794 e. The summed E-state index contributed by atoms with van der Waals surface area (Å²) in [6.07, 6.45) is 14.3. The second-order valence-electron chi connectivity index (χ2n) is 5.37. The second-order valence-corrected chi connectivity index (χ2v) is 7.15. The van der Waals surface area contributed by atoms with E-state index < -0.39 is 0 Å². The fraction of sp³-hybridized carbons (Fsp3) is 0.579. The highest BCUT2D eigenvalue weighted by Gasteiger charge is 2.15. The Morgan fingerprint density at radius 2 is 1.92 bits per heavy atom. The fourth-order valence-corrected chi connectivity index (χ4v) is 2.87. The van der Waals surface area contributed by atoms with Crippen LogP contribution in [0.2, 0.25) is 0 Å². The van der Waals surface area contributed by atoms with Gasteiger partial charge in [0.25, 0.3) is 0 Å². The van der Waals surface area contributed by atoms with Crippen molar-refractivity contribution in [3.63, 3.8) is 0 Å². The van der Waals surface area contributed by atoms with E-state index in [1.807, 2.05) is 44.3 Å². The van der Waals surface area contributed by atoms with E-state index in [4.69, 9.17) is 0 Å². The van der Waals surface area contributed by atoms with Crippen LogP contribution >= 0.6 is 23.1 Å². The lowest BCUT2D eigenvalue weighted by Crippen LogP contribution is -2.24. The molecule has 0 aromatic carbocycles. The molecule has 0 aliphatic carbocycles. The lowest BCUT2D eigenvalue weighted by atomic mass is 10.1. The van der Waals surface area contributed by atoms with Crippen molar-refractivity contribution in [3.8, 4) is 0 Å². The number of aryl methyl sites for hydroxylation is 1. The van der Waals surface area contributed by atoms with Crippen LogP contribution in [0.4, 0.5) is 0 Å². The third-order valence-corrected chi connectivity index (χ3v) is 4.28. The van der Waals surface area contributed by atoms with Gasteiger partial charge >= 0.3 is 0 Å². The Morgan fingerprint density at radius 3 is 2.27 bits per heavy atom. The summed E-state index contributed by atoms with van der Waals surface area (Å²) in [5.41, 5.74) is 3.77. The van der Waals surface area contributed by atoms with Crippen LogP contribution in [-0.4, -0.2) is 45.4 Å². The van der Waals surface area contributed by atoms with Gasteiger partial charge in [-0.3, -0.25) is 19.9 Å². The highest BCUT2D eigenvalue weighted by Crippen LogP contribution is 2.12. The monoisotopic (exact) mass is 395 g/mol. The lowest BCUT2D eigenvalue weighted by molar-refractivity contribution is 0.510. The number of nitrogens with one attached hydrogen (secondary N) is 1. The number of thiazole rings is 1. The van der Waals surface area contributed by atoms with Crippen LogP contribution < -0.4 is 5.32 Å². The van der Waals surface area contributed by atoms with Crippen molar-refractivity contribution in [1.29, 1.82) is 0 Å². The molecule has 2 aromatic heterocycles. The molecular formula is C19H33N5S2. The number of rotatable bonds is 4. The van der Waals surface area contributed by atoms with E-state index in [-0.39, 0.29) is 0 Å². The first-order valence-corrected chi connectivity index (χ1v) is 11.2. The predicted molar refractivity (Wildman–Crippen MR) is 117 cm³/mol. The largest absolute Gasteiger partial charge is 0.314 e. The van der Waals surface area contributed by atoms with Crippen molar-refractivity contribution in [2.24, 2.45) is 4.99 Å². The molecule has 1 N–H and O–H groups in total. The summed E-state index contributed by atoms with van der Waals surface area (Å²) in [6.45, 7) is 9.42. The van der Waals surface area contributed by atoms with Crippen molar-refractivity contribution in [2.45, 2.75) is 59.0 Å². The van der Waals surface area contributed by atoms with Crippen LogP contribution in [0, 0.1) is 6.92 Å². The van der Waals surface area contributed by atoms with Gasteiger partial charge in [-0.15, -0.1) is 23.1 Å². The van der Waals surface area contributed by atoms with Gasteiger partial charge in [-0.25, -0.2) is 0 Å². The van der Waals surface area contributed by atoms with E-state index in [9.17, 15) is 0 Å². The molecule has 3 rings (SSSR count). The van der Waals surface area contributed by atoms with Gasteiger partial charge in [0.1, 0.15) is 0 Å². The van der Waals surface area contributed by atoms with Gasteiger partial charge in [0.2, 0.25) is 0 Å². The van der Waals surface area contributed by atoms with Crippen LogP contribution in [0.15, 0.2) is 41.5 Å². The SMILES string of the molecule is CC.CSC=NC(C)CC1CCCN1.Cc1cncs1.c1cnccn1. The topological polar surface area (TPSA) is 63.1 Å². The van der Waals surface area contributed by atoms with Gasteiger partial charge in [-0.1, -0.05) is 13.8 Å². The summed E-state index contributed by atoms with van der Waals surface area (Å²) >= 11 is 3.34. The molecule has 2 unspecified atom stereocenters. The van der Waals surface area contributed by atoms with E-state index in [0.717, 1.165) is 6.04 Å². The van der Waals surface area contributed by atoms with Crippen molar-refractivity contribution >= 4 is 28.6 Å². The number of thioether (sulfide) groups is 1. The average molecular weight is 396 g/mol. The van der Waals surface area contributed by atoms with Gasteiger partial charge in [-0.05, 0) is 45.9 Å². The van der Waals surface area contributed by atoms with Crippen LogP contribution in [0.3, 0.4) is 0 Å². The Hall–Kier alpha value is -1.31. The molecule has 1 aliphatic rings. The van der Waals surface area contributed by atoms with Gasteiger partial charge in [0.05, 0.1) is 11.1 Å². The molecule has 0 amide bonds. The minimum absolute atomic E-state index is 0.480. The summed E-state index contributed by atoms with van der Waals surface area (Å²) < 4.78 is 0. The van der Waals surface area contributed by atoms with E-state index in [0.29, 0.717) is 6.04 Å². The lowest BCUT2D eigenvalue weighted by Gasteiger charge is -2.12. The van der Waals surface area contributed by atoms with Crippen molar-refractivity contribution in [2.75, 3.05) is 12.8 Å². The third kappa shape index (κ3) is 15.0. The van der Waals surface area contributed by atoms with E-state index >= 15 is 0 Å². The zero-order chi connectivity index (χ0) is 19.5. The second kappa shape index (κ2) is 18.5. The van der Waals surface area contributed by atoms with Gasteiger partial charge < -0.3 is 5.32 Å². The highest BCUT2D eigenvalue weighted by atomic mass is 32.2. The molecule has 26 heavy (non-hydrogen) atoms. The molecule has 0 saturated carbocycles. The number of aromatic nitrogens is 3. The first-order chi connectivity index (χ1) is 12.7. The van der Waals surface area contributed by atoms with E-state index in [1.165, 1.54) is 30.7 Å².